The fourth-order valence-corrected chi connectivity index (χ4v) is 2.23. The number of hydrogen-bond donors (Lipinski definition) is 2. The third-order valence-corrected chi connectivity index (χ3v) is 3.21. The molecule has 0 bridgehead atoms. The van der Waals surface area contributed by atoms with Crippen LogP contribution in [0.5, 0.6) is 5.75 Å². The highest BCUT2D eigenvalue weighted by molar-refractivity contribution is 5.94. The minimum Gasteiger partial charge on any atom is -0.497 e. The summed E-state index contributed by atoms with van der Waals surface area (Å²) in [5.74, 6) is -0.264. The second-order valence-corrected chi connectivity index (χ2v) is 4.61. The fourth-order valence-electron chi connectivity index (χ4n) is 2.23. The highest BCUT2D eigenvalue weighted by Gasteiger charge is 2.21. The molecule has 1 aliphatic rings. The van der Waals surface area contributed by atoms with Crippen molar-refractivity contribution in [2.75, 3.05) is 32.6 Å². The van der Waals surface area contributed by atoms with E-state index >= 15 is 0 Å². The van der Waals surface area contributed by atoms with Gasteiger partial charge in [-0.15, -0.1) is 0 Å². The standard InChI is InChI=1S/C13H18N2O3/c1-15-6-5-9(8-15)14-12-7-10(18-2)3-4-11(12)13(16)17/h3-4,7,9,14H,5-6,8H2,1-2H3,(H,16,17). The van der Waals surface area contributed by atoms with Gasteiger partial charge < -0.3 is 20.1 Å². The van der Waals surface area contributed by atoms with Gasteiger partial charge in [0.2, 0.25) is 0 Å². The Kier molecular flexibility index (Phi) is 3.72. The molecule has 2 rings (SSSR count). The molecule has 1 aromatic carbocycles. The van der Waals surface area contributed by atoms with Gasteiger partial charge in [-0.25, -0.2) is 4.79 Å². The second kappa shape index (κ2) is 5.27. The number of carboxylic acid groups (broad SMARTS) is 1. The van der Waals surface area contributed by atoms with Crippen LogP contribution in [0.1, 0.15) is 16.8 Å². The van der Waals surface area contributed by atoms with Gasteiger partial charge in [0.15, 0.2) is 0 Å². The normalized spacial score (nSPS) is 19.8. The molecule has 0 amide bonds. The highest BCUT2D eigenvalue weighted by Crippen LogP contribution is 2.24. The van der Waals surface area contributed by atoms with Crippen LogP contribution in [-0.4, -0.2) is 49.3 Å². The van der Waals surface area contributed by atoms with Crippen molar-refractivity contribution in [1.82, 2.24) is 4.90 Å². The van der Waals surface area contributed by atoms with Gasteiger partial charge in [0.05, 0.1) is 18.4 Å². The lowest BCUT2D eigenvalue weighted by molar-refractivity contribution is 0.0698. The van der Waals surface area contributed by atoms with Crippen molar-refractivity contribution in [3.05, 3.63) is 23.8 Å². The van der Waals surface area contributed by atoms with Gasteiger partial charge in [0.1, 0.15) is 5.75 Å². The SMILES string of the molecule is COc1ccc(C(=O)O)c(NC2CCN(C)C2)c1. The van der Waals surface area contributed by atoms with E-state index in [1.165, 1.54) is 0 Å². The number of ether oxygens (including phenoxy) is 1. The summed E-state index contributed by atoms with van der Waals surface area (Å²) in [7, 11) is 3.63. The Morgan fingerprint density at radius 2 is 2.33 bits per heavy atom. The zero-order chi connectivity index (χ0) is 13.1. The number of nitrogens with one attached hydrogen (secondary N) is 1. The van der Waals surface area contributed by atoms with Crippen molar-refractivity contribution in [3.8, 4) is 5.75 Å². The van der Waals surface area contributed by atoms with Crippen LogP contribution >= 0.6 is 0 Å². The van der Waals surface area contributed by atoms with Crippen molar-refractivity contribution < 1.29 is 14.6 Å². The molecule has 0 saturated carbocycles. The first kappa shape index (κ1) is 12.7. The van der Waals surface area contributed by atoms with Gasteiger partial charge in [-0.1, -0.05) is 0 Å². The molecule has 2 N–H and O–H groups in total. The van der Waals surface area contributed by atoms with E-state index in [1.54, 1.807) is 25.3 Å². The minimum atomic E-state index is -0.925. The number of carbonyl (C=O) groups is 1. The van der Waals surface area contributed by atoms with Crippen molar-refractivity contribution in [1.29, 1.82) is 0 Å². The van der Waals surface area contributed by atoms with E-state index < -0.39 is 5.97 Å². The van der Waals surface area contributed by atoms with E-state index in [0.717, 1.165) is 19.5 Å². The minimum absolute atomic E-state index is 0.283. The summed E-state index contributed by atoms with van der Waals surface area (Å²) >= 11 is 0. The van der Waals surface area contributed by atoms with E-state index in [2.05, 4.69) is 17.3 Å². The summed E-state index contributed by atoms with van der Waals surface area (Å²) in [4.78, 5) is 13.4. The maximum Gasteiger partial charge on any atom is 0.337 e. The average molecular weight is 250 g/mol. The first-order chi connectivity index (χ1) is 8.60. The van der Waals surface area contributed by atoms with Gasteiger partial charge in [0, 0.05) is 18.7 Å². The van der Waals surface area contributed by atoms with Crippen LogP contribution in [0, 0.1) is 0 Å². The molecule has 1 aromatic rings. The zero-order valence-corrected chi connectivity index (χ0v) is 10.6. The Morgan fingerprint density at radius 1 is 1.56 bits per heavy atom. The van der Waals surface area contributed by atoms with Gasteiger partial charge in [-0.3, -0.25) is 0 Å². The first-order valence-electron chi connectivity index (χ1n) is 5.96. The second-order valence-electron chi connectivity index (χ2n) is 4.61. The molecular formula is C13H18N2O3. The predicted octanol–water partition coefficient (Wildman–Crippen LogP) is 1.51. The average Bonchev–Trinajstić information content (AvgIpc) is 2.74. The Bertz CT molecular complexity index is 448. The lowest BCUT2D eigenvalue weighted by Gasteiger charge is -2.16. The number of likely N-dealkylation sites (tertiary alicyclic amines) is 1. The maximum atomic E-state index is 11.2. The number of rotatable bonds is 4. The molecule has 0 radical (unpaired) electrons. The Hall–Kier alpha value is -1.75. The fraction of sp³-hybridized carbons (Fsp3) is 0.462. The molecule has 1 fully saturated rings. The third kappa shape index (κ3) is 2.73. The summed E-state index contributed by atoms with van der Waals surface area (Å²) in [5.41, 5.74) is 0.910. The van der Waals surface area contributed by atoms with Crippen LogP contribution in [0.2, 0.25) is 0 Å². The monoisotopic (exact) mass is 250 g/mol. The van der Waals surface area contributed by atoms with Crippen LogP contribution in [0.15, 0.2) is 18.2 Å². The Labute approximate surface area is 106 Å². The Morgan fingerprint density at radius 3 is 2.89 bits per heavy atom. The molecule has 0 aromatic heterocycles. The molecule has 1 atom stereocenters. The van der Waals surface area contributed by atoms with E-state index in [-0.39, 0.29) is 5.56 Å². The van der Waals surface area contributed by atoms with Crippen LogP contribution in [-0.2, 0) is 0 Å². The number of anilines is 1. The topological polar surface area (TPSA) is 61.8 Å². The number of likely N-dealkylation sites (N-methyl/N-ethyl adjacent to an activating group) is 1. The lowest BCUT2D eigenvalue weighted by atomic mass is 10.1. The summed E-state index contributed by atoms with van der Waals surface area (Å²) in [6, 6.07) is 5.26. The molecule has 18 heavy (non-hydrogen) atoms. The molecule has 0 spiro atoms. The number of carboxylic acids is 1. The first-order valence-corrected chi connectivity index (χ1v) is 5.96. The molecule has 1 saturated heterocycles. The number of nitrogens with zero attached hydrogens (tertiary/aromatic N) is 1. The maximum absolute atomic E-state index is 11.2. The van der Waals surface area contributed by atoms with Gasteiger partial charge in [0.25, 0.3) is 0 Å². The molecule has 1 unspecified atom stereocenters. The van der Waals surface area contributed by atoms with Crippen molar-refractivity contribution in [2.45, 2.75) is 12.5 Å². The molecule has 0 aliphatic carbocycles. The van der Waals surface area contributed by atoms with Gasteiger partial charge >= 0.3 is 5.97 Å². The van der Waals surface area contributed by atoms with Crippen molar-refractivity contribution >= 4 is 11.7 Å². The van der Waals surface area contributed by atoms with E-state index in [9.17, 15) is 4.79 Å². The quantitative estimate of drug-likeness (QED) is 0.848. The lowest BCUT2D eigenvalue weighted by Crippen LogP contribution is -2.24. The predicted molar refractivity (Wildman–Crippen MR) is 69.5 cm³/mol. The van der Waals surface area contributed by atoms with Crippen LogP contribution in [0.25, 0.3) is 0 Å². The Balaban J connectivity index is 2.21. The van der Waals surface area contributed by atoms with Crippen LogP contribution in [0.3, 0.4) is 0 Å². The van der Waals surface area contributed by atoms with Gasteiger partial charge in [-0.05, 0) is 32.1 Å². The molecule has 5 nitrogen and oxygen atoms in total. The summed E-state index contributed by atoms with van der Waals surface area (Å²) in [6.07, 6.45) is 1.02. The molecule has 5 heteroatoms. The highest BCUT2D eigenvalue weighted by atomic mass is 16.5. The van der Waals surface area contributed by atoms with E-state index in [1.807, 2.05) is 0 Å². The number of aromatic carboxylic acids is 1. The smallest absolute Gasteiger partial charge is 0.337 e. The van der Waals surface area contributed by atoms with E-state index in [0.29, 0.717) is 17.5 Å². The largest absolute Gasteiger partial charge is 0.497 e. The molecule has 98 valence electrons. The molecular weight excluding hydrogens is 232 g/mol. The molecule has 1 aliphatic heterocycles. The summed E-state index contributed by atoms with van der Waals surface area (Å²) in [5, 5.41) is 12.5. The van der Waals surface area contributed by atoms with Crippen LogP contribution < -0.4 is 10.1 Å². The van der Waals surface area contributed by atoms with Crippen molar-refractivity contribution in [2.24, 2.45) is 0 Å². The van der Waals surface area contributed by atoms with Crippen molar-refractivity contribution in [3.63, 3.8) is 0 Å². The summed E-state index contributed by atoms with van der Waals surface area (Å²) < 4.78 is 5.13. The number of hydrogen-bond acceptors (Lipinski definition) is 4. The van der Waals surface area contributed by atoms with E-state index in [4.69, 9.17) is 9.84 Å². The zero-order valence-electron chi connectivity index (χ0n) is 10.6. The third-order valence-electron chi connectivity index (χ3n) is 3.21. The number of methoxy groups -OCH3 is 1. The summed E-state index contributed by atoms with van der Waals surface area (Å²) in [6.45, 7) is 1.96. The molecule has 1 heterocycles. The van der Waals surface area contributed by atoms with Crippen LogP contribution in [0.4, 0.5) is 5.69 Å². The number of benzene rings is 1. The van der Waals surface area contributed by atoms with Gasteiger partial charge in [-0.2, -0.15) is 0 Å².